The molecule has 0 bridgehead atoms. The van der Waals surface area contributed by atoms with Crippen LogP contribution in [0.4, 0.5) is 0 Å². The van der Waals surface area contributed by atoms with Crippen LogP contribution in [-0.2, 0) is 6.54 Å². The predicted octanol–water partition coefficient (Wildman–Crippen LogP) is 0.643. The Labute approximate surface area is 89.8 Å². The molecule has 1 aliphatic heterocycles. The summed E-state index contributed by atoms with van der Waals surface area (Å²) in [7, 11) is 0. The quantitative estimate of drug-likeness (QED) is 0.790. The van der Waals surface area contributed by atoms with Crippen molar-refractivity contribution >= 4 is 0 Å². The first-order valence-corrected chi connectivity index (χ1v) is 5.60. The second-order valence-corrected chi connectivity index (χ2v) is 3.90. The summed E-state index contributed by atoms with van der Waals surface area (Å²) in [5.74, 6) is 0.711. The molecule has 2 heterocycles. The fourth-order valence-corrected chi connectivity index (χ4v) is 2.08. The summed E-state index contributed by atoms with van der Waals surface area (Å²) >= 11 is 0. The lowest BCUT2D eigenvalue weighted by atomic mass is 10.1. The zero-order valence-corrected chi connectivity index (χ0v) is 9.15. The van der Waals surface area contributed by atoms with E-state index in [0.29, 0.717) is 11.9 Å². The normalized spacial score (nSPS) is 22.1. The zero-order valence-electron chi connectivity index (χ0n) is 9.15. The van der Waals surface area contributed by atoms with Gasteiger partial charge in [-0.15, -0.1) is 0 Å². The maximum Gasteiger partial charge on any atom is 0.240 e. The fraction of sp³-hybridized carbons (Fsp3) is 0.800. The minimum atomic E-state index is 0.607. The lowest BCUT2D eigenvalue weighted by molar-refractivity contribution is 0.147. The second kappa shape index (κ2) is 5.23. The minimum absolute atomic E-state index is 0.607. The molecule has 1 saturated heterocycles. The Hall–Kier alpha value is -0.940. The van der Waals surface area contributed by atoms with Crippen molar-refractivity contribution in [1.82, 2.24) is 20.4 Å². The third-order valence-corrected chi connectivity index (χ3v) is 2.94. The maximum atomic E-state index is 5.03. The molecule has 0 amide bonds. The molecular weight excluding hydrogens is 192 g/mol. The molecule has 15 heavy (non-hydrogen) atoms. The summed E-state index contributed by atoms with van der Waals surface area (Å²) in [6.45, 7) is 6.18. The Morgan fingerprint density at radius 3 is 3.20 bits per heavy atom. The summed E-state index contributed by atoms with van der Waals surface area (Å²) in [6.07, 6.45) is 3.97. The van der Waals surface area contributed by atoms with Gasteiger partial charge < -0.3 is 9.84 Å². The molecule has 1 atom stereocenters. The van der Waals surface area contributed by atoms with Gasteiger partial charge in [-0.1, -0.05) is 12.1 Å². The van der Waals surface area contributed by atoms with E-state index in [9.17, 15) is 0 Å². The number of nitrogens with zero attached hydrogens (tertiary/aromatic N) is 3. The number of piperidine rings is 1. The number of hydrogen-bond donors (Lipinski definition) is 1. The number of nitrogens with one attached hydrogen (secondary N) is 1. The molecule has 0 saturated carbocycles. The molecule has 84 valence electrons. The van der Waals surface area contributed by atoms with E-state index in [1.165, 1.54) is 19.2 Å². The van der Waals surface area contributed by atoms with E-state index in [1.54, 1.807) is 0 Å². The molecule has 0 aromatic carbocycles. The number of hydrogen-bond acceptors (Lipinski definition) is 5. The highest BCUT2D eigenvalue weighted by molar-refractivity contribution is 4.82. The average molecular weight is 210 g/mol. The Morgan fingerprint density at radius 1 is 1.67 bits per heavy atom. The van der Waals surface area contributed by atoms with Crippen LogP contribution in [0.3, 0.4) is 0 Å². The standard InChI is InChI=1S/C10H18N4O/c1-2-14(7-10-12-8-13-15-10)9-4-3-5-11-6-9/h8-9,11H,2-7H2,1H3. The Bertz CT molecular complexity index is 269. The molecule has 1 N–H and O–H groups in total. The first-order valence-electron chi connectivity index (χ1n) is 5.60. The van der Waals surface area contributed by atoms with Gasteiger partial charge in [0.25, 0.3) is 0 Å². The molecule has 0 radical (unpaired) electrons. The third-order valence-electron chi connectivity index (χ3n) is 2.94. The Balaban J connectivity index is 1.91. The van der Waals surface area contributed by atoms with Crippen molar-refractivity contribution in [2.45, 2.75) is 32.4 Å². The molecule has 2 rings (SSSR count). The van der Waals surface area contributed by atoms with Crippen LogP contribution in [0.5, 0.6) is 0 Å². The van der Waals surface area contributed by atoms with Crippen LogP contribution >= 0.6 is 0 Å². The number of likely N-dealkylation sites (N-methyl/N-ethyl adjacent to an activating group) is 1. The van der Waals surface area contributed by atoms with Crippen LogP contribution < -0.4 is 5.32 Å². The molecule has 0 aliphatic carbocycles. The van der Waals surface area contributed by atoms with Crippen molar-refractivity contribution in [3.63, 3.8) is 0 Å². The van der Waals surface area contributed by atoms with Gasteiger partial charge in [-0.25, -0.2) is 0 Å². The van der Waals surface area contributed by atoms with E-state index in [0.717, 1.165) is 26.2 Å². The molecule has 1 aromatic rings. The van der Waals surface area contributed by atoms with Crippen LogP contribution in [0.15, 0.2) is 10.9 Å². The van der Waals surface area contributed by atoms with Crippen molar-refractivity contribution in [1.29, 1.82) is 0 Å². The lowest BCUT2D eigenvalue weighted by Crippen LogP contribution is -2.45. The van der Waals surface area contributed by atoms with E-state index in [-0.39, 0.29) is 0 Å². The fourth-order valence-electron chi connectivity index (χ4n) is 2.08. The van der Waals surface area contributed by atoms with Gasteiger partial charge in [0.05, 0.1) is 6.54 Å². The van der Waals surface area contributed by atoms with Crippen molar-refractivity contribution < 1.29 is 4.52 Å². The second-order valence-electron chi connectivity index (χ2n) is 3.90. The molecular formula is C10H18N4O. The molecule has 1 fully saturated rings. The van der Waals surface area contributed by atoms with Crippen molar-refractivity contribution in [3.8, 4) is 0 Å². The van der Waals surface area contributed by atoms with Crippen molar-refractivity contribution in [2.24, 2.45) is 0 Å². The van der Waals surface area contributed by atoms with E-state index in [2.05, 4.69) is 27.3 Å². The first kappa shape index (κ1) is 10.6. The number of aromatic nitrogens is 2. The summed E-state index contributed by atoms with van der Waals surface area (Å²) in [5.41, 5.74) is 0. The SMILES string of the molecule is CCN(Cc1ncno1)C1CCCNC1. The van der Waals surface area contributed by atoms with E-state index >= 15 is 0 Å². The van der Waals surface area contributed by atoms with Crippen molar-refractivity contribution in [2.75, 3.05) is 19.6 Å². The minimum Gasteiger partial charge on any atom is -0.338 e. The highest BCUT2D eigenvalue weighted by atomic mass is 16.5. The van der Waals surface area contributed by atoms with Gasteiger partial charge in [0.1, 0.15) is 0 Å². The van der Waals surface area contributed by atoms with Crippen LogP contribution in [0.1, 0.15) is 25.7 Å². The van der Waals surface area contributed by atoms with Gasteiger partial charge in [0, 0.05) is 12.6 Å². The van der Waals surface area contributed by atoms with Crippen LogP contribution in [0.25, 0.3) is 0 Å². The highest BCUT2D eigenvalue weighted by Crippen LogP contribution is 2.12. The summed E-state index contributed by atoms with van der Waals surface area (Å²) < 4.78 is 5.03. The van der Waals surface area contributed by atoms with Gasteiger partial charge in [-0.05, 0) is 25.9 Å². The molecule has 1 aliphatic rings. The largest absolute Gasteiger partial charge is 0.338 e. The smallest absolute Gasteiger partial charge is 0.240 e. The highest BCUT2D eigenvalue weighted by Gasteiger charge is 2.20. The van der Waals surface area contributed by atoms with Crippen LogP contribution in [0, 0.1) is 0 Å². The number of rotatable bonds is 4. The third kappa shape index (κ3) is 2.76. The summed E-state index contributed by atoms with van der Waals surface area (Å²) in [6, 6.07) is 0.607. The molecule has 0 spiro atoms. The van der Waals surface area contributed by atoms with Crippen LogP contribution in [-0.4, -0.2) is 40.7 Å². The van der Waals surface area contributed by atoms with Gasteiger partial charge >= 0.3 is 0 Å². The van der Waals surface area contributed by atoms with Gasteiger partial charge in [-0.3, -0.25) is 4.90 Å². The first-order chi connectivity index (χ1) is 7.40. The van der Waals surface area contributed by atoms with E-state index < -0.39 is 0 Å². The van der Waals surface area contributed by atoms with E-state index in [1.807, 2.05) is 0 Å². The molecule has 1 unspecified atom stereocenters. The maximum absolute atomic E-state index is 5.03. The average Bonchev–Trinajstić information content (AvgIpc) is 2.80. The van der Waals surface area contributed by atoms with Gasteiger partial charge in [-0.2, -0.15) is 4.98 Å². The monoisotopic (exact) mass is 210 g/mol. The van der Waals surface area contributed by atoms with Gasteiger partial charge in [0.15, 0.2) is 6.33 Å². The predicted molar refractivity (Wildman–Crippen MR) is 56.3 cm³/mol. The zero-order chi connectivity index (χ0) is 10.5. The molecule has 1 aromatic heterocycles. The summed E-state index contributed by atoms with van der Waals surface area (Å²) in [5, 5.41) is 7.05. The Morgan fingerprint density at radius 2 is 2.60 bits per heavy atom. The topological polar surface area (TPSA) is 54.2 Å². The van der Waals surface area contributed by atoms with E-state index in [4.69, 9.17) is 4.52 Å². The van der Waals surface area contributed by atoms with Gasteiger partial charge in [0.2, 0.25) is 5.89 Å². The lowest BCUT2D eigenvalue weighted by Gasteiger charge is -2.32. The van der Waals surface area contributed by atoms with Crippen LogP contribution in [0.2, 0.25) is 0 Å². The molecule has 5 nitrogen and oxygen atoms in total. The summed E-state index contributed by atoms with van der Waals surface area (Å²) in [4.78, 5) is 6.45. The Kier molecular flexibility index (Phi) is 3.69. The van der Waals surface area contributed by atoms with Crippen molar-refractivity contribution in [3.05, 3.63) is 12.2 Å². The molecule has 5 heteroatoms.